The Morgan fingerprint density at radius 2 is 1.73 bits per heavy atom. The number of carbonyl (C=O) groups excluding carboxylic acids is 2. The van der Waals surface area contributed by atoms with Crippen molar-refractivity contribution in [3.8, 4) is 5.75 Å². The van der Waals surface area contributed by atoms with Crippen LogP contribution in [0.4, 0.5) is 5.69 Å². The van der Waals surface area contributed by atoms with Crippen molar-refractivity contribution in [1.29, 1.82) is 0 Å². The summed E-state index contributed by atoms with van der Waals surface area (Å²) in [4.78, 5) is 26.5. The lowest BCUT2D eigenvalue weighted by molar-refractivity contribution is -0.121. The van der Waals surface area contributed by atoms with Gasteiger partial charge in [-0.15, -0.1) is 0 Å². The normalized spacial score (nSPS) is 17.0. The van der Waals surface area contributed by atoms with Crippen molar-refractivity contribution in [3.63, 3.8) is 0 Å². The summed E-state index contributed by atoms with van der Waals surface area (Å²) in [6.45, 7) is 3.29. The fraction of sp³-hybridized carbons (Fsp3) is 0.273. The van der Waals surface area contributed by atoms with Gasteiger partial charge in [-0.2, -0.15) is 0 Å². The quantitative estimate of drug-likeness (QED) is 0.629. The molecule has 0 N–H and O–H groups in total. The standard InChI is InChI=1S/C22H23NO6S/c1-16(2)29-20-10-8-17(9-11-20)22(25)28-14-21(24)23(18-6-4-3-5-7-18)19-12-13-30(26,27)15-19/h3-13,16,19H,14-15H2,1-2H3. The Morgan fingerprint density at radius 1 is 1.07 bits per heavy atom. The topological polar surface area (TPSA) is 90.0 Å². The molecular formula is C22H23NO6S. The van der Waals surface area contributed by atoms with E-state index in [1.165, 1.54) is 11.0 Å². The van der Waals surface area contributed by atoms with Gasteiger partial charge >= 0.3 is 5.97 Å². The Bertz CT molecular complexity index is 1030. The third-order valence-corrected chi connectivity index (χ3v) is 5.71. The van der Waals surface area contributed by atoms with Crippen LogP contribution in [-0.4, -0.2) is 44.8 Å². The van der Waals surface area contributed by atoms with Crippen LogP contribution in [0, 0.1) is 0 Å². The minimum atomic E-state index is -3.36. The average molecular weight is 429 g/mol. The lowest BCUT2D eigenvalue weighted by Gasteiger charge is -2.27. The van der Waals surface area contributed by atoms with E-state index < -0.39 is 34.4 Å². The fourth-order valence-electron chi connectivity index (χ4n) is 3.05. The molecule has 0 aliphatic carbocycles. The average Bonchev–Trinajstić information content (AvgIpc) is 3.06. The maximum Gasteiger partial charge on any atom is 0.338 e. The van der Waals surface area contributed by atoms with Gasteiger partial charge in [0, 0.05) is 11.1 Å². The lowest BCUT2D eigenvalue weighted by Crippen LogP contribution is -2.43. The highest BCUT2D eigenvalue weighted by Gasteiger charge is 2.31. The zero-order valence-electron chi connectivity index (χ0n) is 16.7. The van der Waals surface area contributed by atoms with Gasteiger partial charge in [0.05, 0.1) is 23.5 Å². The number of anilines is 1. The molecule has 0 fully saturated rings. The van der Waals surface area contributed by atoms with E-state index >= 15 is 0 Å². The van der Waals surface area contributed by atoms with Crippen LogP contribution < -0.4 is 9.64 Å². The molecule has 2 aromatic carbocycles. The number of hydrogen-bond donors (Lipinski definition) is 0. The first-order chi connectivity index (χ1) is 14.2. The van der Waals surface area contributed by atoms with Gasteiger partial charge in [-0.25, -0.2) is 13.2 Å². The Labute approximate surface area is 175 Å². The molecule has 1 amide bonds. The fourth-order valence-corrected chi connectivity index (χ4v) is 4.32. The second kappa shape index (κ2) is 9.13. The summed E-state index contributed by atoms with van der Waals surface area (Å²) >= 11 is 0. The minimum absolute atomic E-state index is 0.0119. The molecule has 0 saturated carbocycles. The van der Waals surface area contributed by atoms with E-state index in [1.54, 1.807) is 54.6 Å². The van der Waals surface area contributed by atoms with Gasteiger partial charge in [0.2, 0.25) is 0 Å². The first-order valence-electron chi connectivity index (χ1n) is 9.47. The molecule has 30 heavy (non-hydrogen) atoms. The number of esters is 1. The van der Waals surface area contributed by atoms with E-state index in [1.807, 2.05) is 13.8 Å². The molecule has 1 aliphatic heterocycles. The van der Waals surface area contributed by atoms with Gasteiger partial charge in [0.15, 0.2) is 16.4 Å². The predicted molar refractivity (Wildman–Crippen MR) is 113 cm³/mol. The number of benzene rings is 2. The molecule has 158 valence electrons. The third kappa shape index (κ3) is 5.48. The van der Waals surface area contributed by atoms with E-state index in [0.717, 1.165) is 5.41 Å². The van der Waals surface area contributed by atoms with Crippen LogP contribution in [0.5, 0.6) is 5.75 Å². The highest BCUT2D eigenvalue weighted by molar-refractivity contribution is 7.94. The van der Waals surface area contributed by atoms with Crippen molar-refractivity contribution in [2.45, 2.75) is 26.0 Å². The van der Waals surface area contributed by atoms with Crippen molar-refractivity contribution in [2.24, 2.45) is 0 Å². The van der Waals surface area contributed by atoms with E-state index in [4.69, 9.17) is 9.47 Å². The predicted octanol–water partition coefficient (Wildman–Crippen LogP) is 2.97. The van der Waals surface area contributed by atoms with Crippen LogP contribution in [0.15, 0.2) is 66.1 Å². The molecule has 0 aromatic heterocycles. The van der Waals surface area contributed by atoms with Crippen molar-refractivity contribution in [2.75, 3.05) is 17.3 Å². The maximum absolute atomic E-state index is 12.9. The van der Waals surface area contributed by atoms with E-state index in [0.29, 0.717) is 11.4 Å². The van der Waals surface area contributed by atoms with Gasteiger partial charge in [0.25, 0.3) is 5.91 Å². The molecule has 0 saturated heterocycles. The summed E-state index contributed by atoms with van der Waals surface area (Å²) in [5.74, 6) is -0.746. The van der Waals surface area contributed by atoms with E-state index in [9.17, 15) is 18.0 Å². The van der Waals surface area contributed by atoms with Crippen LogP contribution in [0.2, 0.25) is 0 Å². The number of sulfone groups is 1. The zero-order valence-corrected chi connectivity index (χ0v) is 17.5. The van der Waals surface area contributed by atoms with Crippen molar-refractivity contribution < 1.29 is 27.5 Å². The molecule has 2 aromatic rings. The molecule has 1 unspecified atom stereocenters. The number of nitrogens with zero attached hydrogens (tertiary/aromatic N) is 1. The van der Waals surface area contributed by atoms with Crippen molar-refractivity contribution in [1.82, 2.24) is 0 Å². The SMILES string of the molecule is CC(C)Oc1ccc(C(=O)OCC(=O)N(c2ccccc2)C2C=CS(=O)(=O)C2)cc1. The van der Waals surface area contributed by atoms with E-state index in [2.05, 4.69) is 0 Å². The molecule has 1 heterocycles. The maximum atomic E-state index is 12.9. The second-order valence-corrected chi connectivity index (χ2v) is 9.02. The van der Waals surface area contributed by atoms with E-state index in [-0.39, 0.29) is 17.4 Å². The van der Waals surface area contributed by atoms with Gasteiger partial charge in [-0.3, -0.25) is 4.79 Å². The number of hydrogen-bond acceptors (Lipinski definition) is 6. The molecule has 1 aliphatic rings. The van der Waals surface area contributed by atoms with Gasteiger partial charge in [-0.1, -0.05) is 18.2 Å². The van der Waals surface area contributed by atoms with Gasteiger partial charge in [0.1, 0.15) is 5.75 Å². The highest BCUT2D eigenvalue weighted by Crippen LogP contribution is 2.23. The van der Waals surface area contributed by atoms with Crippen LogP contribution in [-0.2, 0) is 19.4 Å². The van der Waals surface area contributed by atoms with Crippen LogP contribution in [0.25, 0.3) is 0 Å². The minimum Gasteiger partial charge on any atom is -0.491 e. The van der Waals surface area contributed by atoms with Crippen LogP contribution in [0.1, 0.15) is 24.2 Å². The Kier molecular flexibility index (Phi) is 6.56. The molecule has 1 atom stereocenters. The highest BCUT2D eigenvalue weighted by atomic mass is 32.2. The Balaban J connectivity index is 1.69. The second-order valence-electron chi connectivity index (χ2n) is 7.09. The summed E-state index contributed by atoms with van der Waals surface area (Å²) in [5, 5.41) is 1.10. The number of ether oxygens (including phenoxy) is 2. The van der Waals surface area contributed by atoms with Gasteiger partial charge < -0.3 is 14.4 Å². The van der Waals surface area contributed by atoms with Crippen LogP contribution in [0.3, 0.4) is 0 Å². The molecule has 7 nitrogen and oxygen atoms in total. The number of para-hydroxylation sites is 1. The summed E-state index contributed by atoms with van der Waals surface area (Å²) in [7, 11) is -3.36. The molecule has 0 bridgehead atoms. The molecule has 3 rings (SSSR count). The summed E-state index contributed by atoms with van der Waals surface area (Å²) in [6.07, 6.45) is 1.48. The van der Waals surface area contributed by atoms with Crippen molar-refractivity contribution in [3.05, 3.63) is 71.6 Å². The summed E-state index contributed by atoms with van der Waals surface area (Å²) in [5.41, 5.74) is 0.814. The third-order valence-electron chi connectivity index (χ3n) is 4.33. The van der Waals surface area contributed by atoms with Crippen LogP contribution >= 0.6 is 0 Å². The molecular weight excluding hydrogens is 406 g/mol. The number of rotatable bonds is 7. The first-order valence-corrected chi connectivity index (χ1v) is 11.2. The summed E-state index contributed by atoms with van der Waals surface area (Å²) in [6, 6.07) is 14.5. The molecule has 8 heteroatoms. The Morgan fingerprint density at radius 3 is 2.30 bits per heavy atom. The summed E-state index contributed by atoms with van der Waals surface area (Å²) < 4.78 is 34.4. The van der Waals surface area contributed by atoms with Crippen molar-refractivity contribution >= 4 is 27.4 Å². The number of carbonyl (C=O) groups is 2. The lowest BCUT2D eigenvalue weighted by atomic mass is 10.2. The molecule has 0 spiro atoms. The first kappa shape index (κ1) is 21.6. The number of amides is 1. The Hall–Kier alpha value is -3.13. The van der Waals surface area contributed by atoms with Gasteiger partial charge in [-0.05, 0) is 56.3 Å². The largest absolute Gasteiger partial charge is 0.491 e. The zero-order chi connectivity index (χ0) is 21.7. The smallest absolute Gasteiger partial charge is 0.338 e. The monoisotopic (exact) mass is 429 g/mol. The molecule has 0 radical (unpaired) electrons.